The van der Waals surface area contributed by atoms with E-state index in [1.807, 2.05) is 30.3 Å². The van der Waals surface area contributed by atoms with E-state index in [0.717, 1.165) is 5.56 Å². The van der Waals surface area contributed by atoms with Gasteiger partial charge < -0.3 is 14.8 Å². The van der Waals surface area contributed by atoms with E-state index in [0.29, 0.717) is 28.8 Å². The van der Waals surface area contributed by atoms with Crippen LogP contribution in [0.2, 0.25) is 0 Å². The van der Waals surface area contributed by atoms with Gasteiger partial charge in [0.2, 0.25) is 6.41 Å². The summed E-state index contributed by atoms with van der Waals surface area (Å²) in [5, 5.41) is 2.34. The largest absolute Gasteiger partial charge is 0.489 e. The SMILES string of the molecule is COC(=O)/C(NC=O)=C(/Br)c1ccc(OCc2ccccc2)cc1. The third kappa shape index (κ3) is 4.70. The number of benzene rings is 2. The Morgan fingerprint density at radius 1 is 1.12 bits per heavy atom. The van der Waals surface area contributed by atoms with Crippen molar-refractivity contribution in [2.75, 3.05) is 7.11 Å². The molecule has 0 heterocycles. The molecule has 0 saturated heterocycles. The zero-order valence-corrected chi connectivity index (χ0v) is 14.6. The van der Waals surface area contributed by atoms with Gasteiger partial charge in [0.05, 0.1) is 11.6 Å². The molecule has 5 nitrogen and oxygen atoms in total. The molecule has 124 valence electrons. The van der Waals surface area contributed by atoms with Gasteiger partial charge in [-0.1, -0.05) is 42.5 Å². The highest BCUT2D eigenvalue weighted by Gasteiger charge is 2.15. The quantitative estimate of drug-likeness (QED) is 0.448. The summed E-state index contributed by atoms with van der Waals surface area (Å²) in [4.78, 5) is 22.3. The summed E-state index contributed by atoms with van der Waals surface area (Å²) in [7, 11) is 1.25. The molecule has 0 aliphatic carbocycles. The van der Waals surface area contributed by atoms with Gasteiger partial charge in [0.1, 0.15) is 18.1 Å². The van der Waals surface area contributed by atoms with Crippen LogP contribution < -0.4 is 10.1 Å². The lowest BCUT2D eigenvalue weighted by molar-refractivity contribution is -0.137. The smallest absolute Gasteiger partial charge is 0.355 e. The second-order valence-corrected chi connectivity index (χ2v) is 5.53. The van der Waals surface area contributed by atoms with E-state index in [2.05, 4.69) is 26.0 Å². The standard InChI is InChI=1S/C18H16BrNO4/c1-23-18(22)17(20-12-21)16(19)14-7-9-15(10-8-14)24-11-13-5-3-2-4-6-13/h2-10,12H,11H2,1H3,(H,20,21)/b17-16-. The van der Waals surface area contributed by atoms with Crippen LogP contribution in [0.1, 0.15) is 11.1 Å². The van der Waals surface area contributed by atoms with Crippen molar-refractivity contribution in [1.82, 2.24) is 5.32 Å². The van der Waals surface area contributed by atoms with Crippen LogP contribution >= 0.6 is 15.9 Å². The Hall–Kier alpha value is -2.60. The van der Waals surface area contributed by atoms with E-state index < -0.39 is 5.97 Å². The second-order valence-electron chi connectivity index (χ2n) is 4.74. The van der Waals surface area contributed by atoms with E-state index in [-0.39, 0.29) is 5.70 Å². The Labute approximate surface area is 148 Å². The van der Waals surface area contributed by atoms with Crippen molar-refractivity contribution in [3.8, 4) is 5.75 Å². The van der Waals surface area contributed by atoms with Gasteiger partial charge in [0, 0.05) is 0 Å². The molecule has 2 aromatic carbocycles. The fourth-order valence-corrected chi connectivity index (χ4v) is 2.50. The van der Waals surface area contributed by atoms with E-state index >= 15 is 0 Å². The molecule has 0 saturated carbocycles. The fourth-order valence-electron chi connectivity index (χ4n) is 1.96. The summed E-state index contributed by atoms with van der Waals surface area (Å²) in [5.41, 5.74) is 1.81. The van der Waals surface area contributed by atoms with E-state index in [4.69, 9.17) is 4.74 Å². The summed E-state index contributed by atoms with van der Waals surface area (Å²) >= 11 is 3.31. The van der Waals surface area contributed by atoms with Gasteiger partial charge in [0.25, 0.3) is 0 Å². The molecule has 0 radical (unpaired) electrons. The summed E-state index contributed by atoms with van der Waals surface area (Å²) in [6.07, 6.45) is 0.421. The lowest BCUT2D eigenvalue weighted by Crippen LogP contribution is -2.21. The molecule has 1 N–H and O–H groups in total. The summed E-state index contributed by atoms with van der Waals surface area (Å²) in [6.45, 7) is 0.470. The molecule has 0 aliphatic heterocycles. The molecule has 1 amide bonds. The lowest BCUT2D eigenvalue weighted by Gasteiger charge is -2.10. The number of hydrogen-bond acceptors (Lipinski definition) is 4. The molecule has 0 aliphatic rings. The van der Waals surface area contributed by atoms with Crippen LogP contribution in [0, 0.1) is 0 Å². The van der Waals surface area contributed by atoms with Gasteiger partial charge in [-0.3, -0.25) is 4.79 Å². The van der Waals surface area contributed by atoms with E-state index in [1.54, 1.807) is 24.3 Å². The number of carbonyl (C=O) groups is 2. The number of hydrogen-bond donors (Lipinski definition) is 1. The Balaban J connectivity index is 2.12. The summed E-state index contributed by atoms with van der Waals surface area (Å²) in [6, 6.07) is 17.0. The minimum atomic E-state index is -0.640. The van der Waals surface area contributed by atoms with Crippen LogP contribution in [0.5, 0.6) is 5.75 Å². The minimum absolute atomic E-state index is 0.0328. The first-order chi connectivity index (χ1) is 11.7. The molecule has 0 spiro atoms. The Morgan fingerprint density at radius 2 is 1.79 bits per heavy atom. The van der Waals surface area contributed by atoms with Gasteiger partial charge in [-0.2, -0.15) is 0 Å². The number of nitrogens with one attached hydrogen (secondary N) is 1. The van der Waals surface area contributed by atoms with Crippen molar-refractivity contribution in [3.05, 3.63) is 71.4 Å². The molecule has 2 aromatic rings. The molecular weight excluding hydrogens is 374 g/mol. The van der Waals surface area contributed by atoms with Crippen LogP contribution in [0.4, 0.5) is 0 Å². The first kappa shape index (κ1) is 17.7. The number of ether oxygens (including phenoxy) is 2. The number of methoxy groups -OCH3 is 1. The monoisotopic (exact) mass is 389 g/mol. The first-order valence-corrected chi connectivity index (χ1v) is 7.90. The number of rotatable bonds is 7. The Kier molecular flexibility index (Phi) is 6.57. The van der Waals surface area contributed by atoms with Gasteiger partial charge in [-0.15, -0.1) is 0 Å². The number of esters is 1. The molecule has 0 bridgehead atoms. The normalized spacial score (nSPS) is 11.2. The lowest BCUT2D eigenvalue weighted by atomic mass is 10.2. The number of carbonyl (C=O) groups excluding carboxylic acids is 2. The van der Waals surface area contributed by atoms with Crippen molar-refractivity contribution in [1.29, 1.82) is 0 Å². The maximum absolute atomic E-state index is 11.7. The van der Waals surface area contributed by atoms with Crippen molar-refractivity contribution in [3.63, 3.8) is 0 Å². The average Bonchev–Trinajstić information content (AvgIpc) is 2.64. The van der Waals surface area contributed by atoms with E-state index in [9.17, 15) is 9.59 Å². The molecule has 0 fully saturated rings. The highest BCUT2D eigenvalue weighted by Crippen LogP contribution is 2.26. The number of amides is 1. The van der Waals surface area contributed by atoms with Gasteiger partial charge in [-0.05, 0) is 39.2 Å². The Bertz CT molecular complexity index is 726. The number of halogens is 1. The Morgan fingerprint density at radius 3 is 2.38 bits per heavy atom. The van der Waals surface area contributed by atoms with Crippen molar-refractivity contribution >= 4 is 32.8 Å². The third-order valence-electron chi connectivity index (χ3n) is 3.17. The van der Waals surface area contributed by atoms with Gasteiger partial charge in [-0.25, -0.2) is 4.79 Å². The van der Waals surface area contributed by atoms with Crippen molar-refractivity contribution < 1.29 is 19.1 Å². The zero-order chi connectivity index (χ0) is 17.4. The molecule has 0 atom stereocenters. The zero-order valence-electron chi connectivity index (χ0n) is 13.0. The maximum Gasteiger partial charge on any atom is 0.355 e. The average molecular weight is 390 g/mol. The molecule has 2 rings (SSSR count). The van der Waals surface area contributed by atoms with Crippen molar-refractivity contribution in [2.24, 2.45) is 0 Å². The van der Waals surface area contributed by atoms with Crippen LogP contribution in [0.25, 0.3) is 4.48 Å². The predicted octanol–water partition coefficient (Wildman–Crippen LogP) is 3.25. The molecule has 24 heavy (non-hydrogen) atoms. The summed E-state index contributed by atoms with van der Waals surface area (Å²) < 4.78 is 10.8. The topological polar surface area (TPSA) is 64.6 Å². The third-order valence-corrected chi connectivity index (χ3v) is 4.02. The highest BCUT2D eigenvalue weighted by molar-refractivity contribution is 9.15. The van der Waals surface area contributed by atoms with Crippen molar-refractivity contribution in [2.45, 2.75) is 6.61 Å². The first-order valence-electron chi connectivity index (χ1n) is 7.11. The second kappa shape index (κ2) is 8.88. The fraction of sp³-hybridized carbons (Fsp3) is 0.111. The van der Waals surface area contributed by atoms with Gasteiger partial charge >= 0.3 is 5.97 Å². The molecule has 0 unspecified atom stereocenters. The molecule has 6 heteroatoms. The molecular formula is C18H16BrNO4. The van der Waals surface area contributed by atoms with Crippen LogP contribution in [0.3, 0.4) is 0 Å². The van der Waals surface area contributed by atoms with Crippen LogP contribution in [-0.4, -0.2) is 19.5 Å². The highest BCUT2D eigenvalue weighted by atomic mass is 79.9. The van der Waals surface area contributed by atoms with Gasteiger partial charge in [0.15, 0.2) is 0 Å². The van der Waals surface area contributed by atoms with Crippen LogP contribution in [0.15, 0.2) is 60.3 Å². The van der Waals surface area contributed by atoms with E-state index in [1.165, 1.54) is 7.11 Å². The summed E-state index contributed by atoms with van der Waals surface area (Å²) in [5.74, 6) is 0.0595. The van der Waals surface area contributed by atoms with Crippen LogP contribution in [-0.2, 0) is 20.9 Å². The molecule has 0 aromatic heterocycles. The minimum Gasteiger partial charge on any atom is -0.489 e. The maximum atomic E-state index is 11.7. The predicted molar refractivity (Wildman–Crippen MR) is 94.3 cm³/mol.